The Balaban J connectivity index is 2.45. The van der Waals surface area contributed by atoms with E-state index in [9.17, 15) is 18.5 Å². The van der Waals surface area contributed by atoms with E-state index in [2.05, 4.69) is 22.5 Å². The lowest BCUT2D eigenvalue weighted by Gasteiger charge is -2.23. The standard InChI is InChI=1S/C15H13BrN2O4S/c1-2-11-17(13-5-3-12(16)4-6-13)23(21,22)15-9-7-14(8-10-15)18(19)20/h2-10H,1,11H2. The van der Waals surface area contributed by atoms with Gasteiger partial charge in [-0.1, -0.05) is 22.0 Å². The molecule has 0 radical (unpaired) electrons. The summed E-state index contributed by atoms with van der Waals surface area (Å²) in [5.74, 6) is 0. The summed E-state index contributed by atoms with van der Waals surface area (Å²) >= 11 is 3.30. The predicted octanol–water partition coefficient (Wildman–Crippen LogP) is 3.74. The molecule has 0 aromatic heterocycles. The van der Waals surface area contributed by atoms with E-state index in [1.807, 2.05) is 0 Å². The van der Waals surface area contributed by atoms with Crippen molar-refractivity contribution in [1.82, 2.24) is 0 Å². The summed E-state index contributed by atoms with van der Waals surface area (Å²) < 4.78 is 27.6. The predicted molar refractivity (Wildman–Crippen MR) is 92.0 cm³/mol. The van der Waals surface area contributed by atoms with Crippen LogP contribution in [0.1, 0.15) is 0 Å². The molecule has 0 N–H and O–H groups in total. The van der Waals surface area contributed by atoms with Crippen molar-refractivity contribution in [3.8, 4) is 0 Å². The van der Waals surface area contributed by atoms with Gasteiger partial charge >= 0.3 is 0 Å². The second-order valence-electron chi connectivity index (χ2n) is 4.55. The van der Waals surface area contributed by atoms with Crippen LogP contribution >= 0.6 is 15.9 Å². The van der Waals surface area contributed by atoms with E-state index in [4.69, 9.17) is 0 Å². The lowest BCUT2D eigenvalue weighted by atomic mass is 10.3. The molecule has 0 saturated heterocycles. The van der Waals surface area contributed by atoms with E-state index in [0.29, 0.717) is 5.69 Å². The first kappa shape index (κ1) is 17.2. The van der Waals surface area contributed by atoms with Crippen molar-refractivity contribution in [3.05, 3.63) is 75.8 Å². The number of halogens is 1. The number of non-ortho nitro benzene ring substituents is 1. The normalized spacial score (nSPS) is 11.0. The van der Waals surface area contributed by atoms with Crippen molar-refractivity contribution in [2.45, 2.75) is 4.90 Å². The molecule has 0 amide bonds. The Kier molecular flexibility index (Phi) is 5.17. The molecule has 23 heavy (non-hydrogen) atoms. The summed E-state index contributed by atoms with van der Waals surface area (Å²) in [5, 5.41) is 10.7. The Morgan fingerprint density at radius 2 is 1.70 bits per heavy atom. The highest BCUT2D eigenvalue weighted by Gasteiger charge is 2.24. The average Bonchev–Trinajstić information content (AvgIpc) is 2.53. The maximum absolute atomic E-state index is 12.8. The molecule has 2 rings (SSSR count). The fraction of sp³-hybridized carbons (Fsp3) is 0.0667. The maximum atomic E-state index is 12.8. The Bertz CT molecular complexity index is 818. The molecule has 0 spiro atoms. The van der Waals surface area contributed by atoms with Crippen LogP contribution in [0.3, 0.4) is 0 Å². The number of nitro benzene ring substituents is 1. The van der Waals surface area contributed by atoms with Crippen LogP contribution in [0.15, 0.2) is 70.6 Å². The van der Waals surface area contributed by atoms with Gasteiger partial charge in [0.05, 0.1) is 22.1 Å². The molecule has 2 aromatic carbocycles. The third-order valence-electron chi connectivity index (χ3n) is 3.05. The van der Waals surface area contributed by atoms with Gasteiger partial charge in [-0.25, -0.2) is 8.42 Å². The summed E-state index contributed by atoms with van der Waals surface area (Å²) in [5.41, 5.74) is 0.314. The first-order chi connectivity index (χ1) is 10.9. The lowest BCUT2D eigenvalue weighted by Crippen LogP contribution is -2.31. The molecule has 6 nitrogen and oxygen atoms in total. The molecule has 0 aliphatic rings. The highest BCUT2D eigenvalue weighted by Crippen LogP contribution is 2.26. The summed E-state index contributed by atoms with van der Waals surface area (Å²) in [6, 6.07) is 11.6. The maximum Gasteiger partial charge on any atom is 0.269 e. The highest BCUT2D eigenvalue weighted by molar-refractivity contribution is 9.10. The van der Waals surface area contributed by atoms with Gasteiger partial charge in [0.1, 0.15) is 0 Å². The summed E-state index contributed by atoms with van der Waals surface area (Å²) in [4.78, 5) is 10.1. The Morgan fingerprint density at radius 3 is 2.17 bits per heavy atom. The van der Waals surface area contributed by atoms with Crippen LogP contribution in [0.25, 0.3) is 0 Å². The molecule has 0 bridgehead atoms. The van der Waals surface area contributed by atoms with Crippen molar-refractivity contribution >= 4 is 37.3 Å². The molecule has 8 heteroatoms. The molecular weight excluding hydrogens is 384 g/mol. The second kappa shape index (κ2) is 6.93. The number of anilines is 1. The third-order valence-corrected chi connectivity index (χ3v) is 5.38. The fourth-order valence-corrected chi connectivity index (χ4v) is 3.63. The van der Waals surface area contributed by atoms with Gasteiger partial charge in [0.25, 0.3) is 15.7 Å². The topological polar surface area (TPSA) is 80.5 Å². The van der Waals surface area contributed by atoms with E-state index < -0.39 is 14.9 Å². The van der Waals surface area contributed by atoms with Crippen molar-refractivity contribution in [2.24, 2.45) is 0 Å². The summed E-state index contributed by atoms with van der Waals surface area (Å²) in [7, 11) is -3.85. The van der Waals surface area contributed by atoms with Crippen molar-refractivity contribution in [2.75, 3.05) is 10.8 Å². The first-order valence-corrected chi connectivity index (χ1v) is 8.73. The van der Waals surface area contributed by atoms with Gasteiger partial charge in [-0.2, -0.15) is 0 Å². The van der Waals surface area contributed by atoms with Gasteiger partial charge in [-0.05, 0) is 36.4 Å². The molecule has 0 heterocycles. The zero-order chi connectivity index (χ0) is 17.0. The largest absolute Gasteiger partial charge is 0.269 e. The fourth-order valence-electron chi connectivity index (χ4n) is 1.93. The van der Waals surface area contributed by atoms with E-state index >= 15 is 0 Å². The molecule has 0 aliphatic heterocycles. The van der Waals surface area contributed by atoms with Gasteiger partial charge in [0, 0.05) is 16.6 Å². The molecule has 2 aromatic rings. The minimum Gasteiger partial charge on any atom is -0.263 e. The van der Waals surface area contributed by atoms with Crippen LogP contribution in [-0.4, -0.2) is 19.9 Å². The molecule has 0 saturated carbocycles. The van der Waals surface area contributed by atoms with Crippen molar-refractivity contribution < 1.29 is 13.3 Å². The van der Waals surface area contributed by atoms with Gasteiger partial charge in [-0.15, -0.1) is 6.58 Å². The van der Waals surface area contributed by atoms with Crippen LogP contribution in [0, 0.1) is 10.1 Å². The second-order valence-corrected chi connectivity index (χ2v) is 7.33. The SMILES string of the molecule is C=CCN(c1ccc(Br)cc1)S(=O)(=O)c1ccc([N+](=O)[O-])cc1. The number of nitro groups is 1. The number of nitrogens with zero attached hydrogens (tertiary/aromatic N) is 2. The first-order valence-electron chi connectivity index (χ1n) is 6.50. The molecule has 0 atom stereocenters. The zero-order valence-corrected chi connectivity index (χ0v) is 14.3. The monoisotopic (exact) mass is 396 g/mol. The number of benzene rings is 2. The number of rotatable bonds is 6. The summed E-state index contributed by atoms with van der Waals surface area (Å²) in [6.07, 6.45) is 1.48. The van der Waals surface area contributed by atoms with Crippen LogP contribution < -0.4 is 4.31 Å². The van der Waals surface area contributed by atoms with Gasteiger partial charge in [0.2, 0.25) is 0 Å². The van der Waals surface area contributed by atoms with Gasteiger partial charge in [0.15, 0.2) is 0 Å². The van der Waals surface area contributed by atoms with E-state index in [-0.39, 0.29) is 17.1 Å². The lowest BCUT2D eigenvalue weighted by molar-refractivity contribution is -0.384. The minimum atomic E-state index is -3.85. The van der Waals surface area contributed by atoms with E-state index in [1.165, 1.54) is 34.6 Å². The minimum absolute atomic E-state index is 0.0205. The Morgan fingerprint density at radius 1 is 1.13 bits per heavy atom. The Labute approximate surface area is 142 Å². The number of hydrogen-bond acceptors (Lipinski definition) is 4. The quantitative estimate of drug-likeness (QED) is 0.423. The molecule has 0 unspecified atom stereocenters. The van der Waals surface area contributed by atoms with Crippen LogP contribution in [0.2, 0.25) is 0 Å². The van der Waals surface area contributed by atoms with Crippen molar-refractivity contribution in [1.29, 1.82) is 0 Å². The third kappa shape index (κ3) is 3.77. The molecular formula is C15H13BrN2O4S. The van der Waals surface area contributed by atoms with Gasteiger partial charge in [-0.3, -0.25) is 14.4 Å². The van der Waals surface area contributed by atoms with E-state index in [1.54, 1.807) is 24.3 Å². The highest BCUT2D eigenvalue weighted by atomic mass is 79.9. The van der Waals surface area contributed by atoms with Crippen LogP contribution in [0.4, 0.5) is 11.4 Å². The smallest absolute Gasteiger partial charge is 0.263 e. The van der Waals surface area contributed by atoms with Crippen LogP contribution in [0.5, 0.6) is 0 Å². The molecule has 0 fully saturated rings. The van der Waals surface area contributed by atoms with Crippen molar-refractivity contribution in [3.63, 3.8) is 0 Å². The Hall–Kier alpha value is -2.19. The summed E-state index contributed by atoms with van der Waals surface area (Å²) in [6.45, 7) is 3.67. The number of sulfonamides is 1. The average molecular weight is 397 g/mol. The zero-order valence-electron chi connectivity index (χ0n) is 11.9. The van der Waals surface area contributed by atoms with Gasteiger partial charge < -0.3 is 0 Å². The van der Waals surface area contributed by atoms with Crippen LogP contribution in [-0.2, 0) is 10.0 Å². The molecule has 120 valence electrons. The van der Waals surface area contributed by atoms with E-state index in [0.717, 1.165) is 4.47 Å². The number of hydrogen-bond donors (Lipinski definition) is 0. The molecule has 0 aliphatic carbocycles.